The van der Waals surface area contributed by atoms with Crippen molar-refractivity contribution in [2.75, 3.05) is 11.9 Å². The van der Waals surface area contributed by atoms with Crippen molar-refractivity contribution < 1.29 is 4.39 Å². The van der Waals surface area contributed by atoms with Crippen LogP contribution in [0.2, 0.25) is 0 Å². The average molecular weight is 221 g/mol. The van der Waals surface area contributed by atoms with Gasteiger partial charge in [0.1, 0.15) is 6.33 Å². The zero-order valence-electron chi connectivity index (χ0n) is 8.89. The maximum atomic E-state index is 13.5. The van der Waals surface area contributed by atoms with E-state index in [-0.39, 0.29) is 5.82 Å². The lowest BCUT2D eigenvalue weighted by Gasteiger charge is -2.06. The van der Waals surface area contributed by atoms with Gasteiger partial charge in [-0.2, -0.15) is 4.98 Å². The van der Waals surface area contributed by atoms with Crippen LogP contribution in [0.15, 0.2) is 24.9 Å². The third kappa shape index (κ3) is 2.16. The van der Waals surface area contributed by atoms with E-state index in [0.717, 1.165) is 19.2 Å². The average Bonchev–Trinajstić information content (AvgIpc) is 2.81. The van der Waals surface area contributed by atoms with Crippen LogP contribution in [0.25, 0.3) is 5.82 Å². The summed E-state index contributed by atoms with van der Waals surface area (Å²) in [5, 5.41) is 3.00. The molecule has 0 aliphatic rings. The summed E-state index contributed by atoms with van der Waals surface area (Å²) in [6, 6.07) is 0. The SMILES string of the molecule is CCCNc1ncc(F)c(-n2ccnc2)n1. The summed E-state index contributed by atoms with van der Waals surface area (Å²) in [6.07, 6.45) is 6.81. The Morgan fingerprint density at radius 1 is 1.50 bits per heavy atom. The molecule has 0 atom stereocenters. The predicted molar refractivity (Wildman–Crippen MR) is 57.9 cm³/mol. The van der Waals surface area contributed by atoms with Gasteiger partial charge in [-0.25, -0.2) is 14.4 Å². The van der Waals surface area contributed by atoms with Crippen LogP contribution in [0.4, 0.5) is 10.3 Å². The molecule has 0 unspecified atom stereocenters. The first-order valence-corrected chi connectivity index (χ1v) is 5.06. The molecule has 0 saturated heterocycles. The Kier molecular flexibility index (Phi) is 3.09. The fourth-order valence-corrected chi connectivity index (χ4v) is 1.25. The highest BCUT2D eigenvalue weighted by molar-refractivity contribution is 5.32. The lowest BCUT2D eigenvalue weighted by molar-refractivity contribution is 0.602. The number of hydrogen-bond donors (Lipinski definition) is 1. The maximum Gasteiger partial charge on any atom is 0.224 e. The quantitative estimate of drug-likeness (QED) is 0.852. The Morgan fingerprint density at radius 2 is 2.38 bits per heavy atom. The van der Waals surface area contributed by atoms with Crippen LogP contribution in [0, 0.1) is 5.82 Å². The van der Waals surface area contributed by atoms with E-state index < -0.39 is 5.82 Å². The summed E-state index contributed by atoms with van der Waals surface area (Å²) in [7, 11) is 0. The molecule has 6 heteroatoms. The second-order valence-electron chi connectivity index (χ2n) is 3.26. The van der Waals surface area contributed by atoms with Gasteiger partial charge in [0.25, 0.3) is 0 Å². The van der Waals surface area contributed by atoms with E-state index in [0.29, 0.717) is 5.95 Å². The van der Waals surface area contributed by atoms with Crippen LogP contribution in [0.5, 0.6) is 0 Å². The van der Waals surface area contributed by atoms with E-state index >= 15 is 0 Å². The molecule has 0 spiro atoms. The molecule has 0 aromatic carbocycles. The molecule has 1 N–H and O–H groups in total. The van der Waals surface area contributed by atoms with Crippen LogP contribution in [0.1, 0.15) is 13.3 Å². The Bertz CT molecular complexity index is 454. The molecule has 0 saturated carbocycles. The van der Waals surface area contributed by atoms with Gasteiger partial charge in [0.05, 0.1) is 6.20 Å². The normalized spacial score (nSPS) is 10.4. The molecule has 2 aromatic heterocycles. The molecule has 2 aromatic rings. The summed E-state index contributed by atoms with van der Waals surface area (Å²) in [4.78, 5) is 11.8. The van der Waals surface area contributed by atoms with Crippen LogP contribution >= 0.6 is 0 Å². The van der Waals surface area contributed by atoms with Crippen LogP contribution in [0.3, 0.4) is 0 Å². The van der Waals surface area contributed by atoms with E-state index in [1.807, 2.05) is 6.92 Å². The number of rotatable bonds is 4. The van der Waals surface area contributed by atoms with Crippen molar-refractivity contribution in [3.8, 4) is 5.82 Å². The molecule has 5 nitrogen and oxygen atoms in total. The zero-order chi connectivity index (χ0) is 11.4. The Morgan fingerprint density at radius 3 is 3.06 bits per heavy atom. The van der Waals surface area contributed by atoms with Crippen molar-refractivity contribution in [2.45, 2.75) is 13.3 Å². The van der Waals surface area contributed by atoms with Gasteiger partial charge < -0.3 is 5.32 Å². The second kappa shape index (κ2) is 4.69. The van der Waals surface area contributed by atoms with E-state index in [4.69, 9.17) is 0 Å². The van der Waals surface area contributed by atoms with Crippen molar-refractivity contribution in [3.63, 3.8) is 0 Å². The molecular formula is C10H12FN5. The summed E-state index contributed by atoms with van der Waals surface area (Å²) in [5.74, 6) is 0.151. The first-order chi connectivity index (χ1) is 7.81. The van der Waals surface area contributed by atoms with E-state index in [2.05, 4.69) is 20.3 Å². The van der Waals surface area contributed by atoms with Crippen molar-refractivity contribution in [2.24, 2.45) is 0 Å². The lowest BCUT2D eigenvalue weighted by Crippen LogP contribution is -2.08. The molecule has 0 fully saturated rings. The van der Waals surface area contributed by atoms with E-state index in [9.17, 15) is 4.39 Å². The Labute approximate surface area is 92.4 Å². The molecule has 16 heavy (non-hydrogen) atoms. The molecule has 0 amide bonds. The summed E-state index contributed by atoms with van der Waals surface area (Å²) in [5.41, 5.74) is 0. The fourth-order valence-electron chi connectivity index (χ4n) is 1.25. The van der Waals surface area contributed by atoms with Gasteiger partial charge in [-0.1, -0.05) is 6.92 Å². The number of anilines is 1. The van der Waals surface area contributed by atoms with E-state index in [1.165, 1.54) is 10.9 Å². The topological polar surface area (TPSA) is 55.6 Å². The molecule has 0 radical (unpaired) electrons. The van der Waals surface area contributed by atoms with Gasteiger partial charge in [0.2, 0.25) is 5.95 Å². The lowest BCUT2D eigenvalue weighted by atomic mass is 10.5. The van der Waals surface area contributed by atoms with Gasteiger partial charge in [0.15, 0.2) is 11.6 Å². The number of halogens is 1. The maximum absolute atomic E-state index is 13.5. The minimum Gasteiger partial charge on any atom is -0.354 e. The molecule has 2 heterocycles. The summed E-state index contributed by atoms with van der Waals surface area (Å²) >= 11 is 0. The minimum absolute atomic E-state index is 0.200. The predicted octanol–water partition coefficient (Wildman–Crippen LogP) is 1.62. The third-order valence-corrected chi connectivity index (χ3v) is 2.01. The standard InChI is InChI=1S/C10H12FN5/c1-2-3-13-10-14-6-8(11)9(15-10)16-5-4-12-7-16/h4-7H,2-3H2,1H3,(H,13,14,15). The highest BCUT2D eigenvalue weighted by Gasteiger charge is 2.07. The minimum atomic E-state index is -0.472. The molecule has 84 valence electrons. The number of imidazole rings is 1. The molecule has 0 aliphatic carbocycles. The van der Waals surface area contributed by atoms with E-state index in [1.54, 1.807) is 12.4 Å². The number of nitrogens with zero attached hydrogens (tertiary/aromatic N) is 4. The van der Waals surface area contributed by atoms with Crippen LogP contribution < -0.4 is 5.32 Å². The van der Waals surface area contributed by atoms with Crippen molar-refractivity contribution in [3.05, 3.63) is 30.7 Å². The largest absolute Gasteiger partial charge is 0.354 e. The zero-order valence-corrected chi connectivity index (χ0v) is 8.89. The monoisotopic (exact) mass is 221 g/mol. The number of nitrogens with one attached hydrogen (secondary N) is 1. The number of hydrogen-bond acceptors (Lipinski definition) is 4. The molecule has 2 rings (SSSR count). The van der Waals surface area contributed by atoms with Crippen LogP contribution in [-0.4, -0.2) is 26.1 Å². The Balaban J connectivity index is 2.30. The van der Waals surface area contributed by atoms with Crippen molar-refractivity contribution in [1.29, 1.82) is 0 Å². The molecular weight excluding hydrogens is 209 g/mol. The highest BCUT2D eigenvalue weighted by atomic mass is 19.1. The highest BCUT2D eigenvalue weighted by Crippen LogP contribution is 2.11. The van der Waals surface area contributed by atoms with Gasteiger partial charge in [-0.3, -0.25) is 4.57 Å². The first-order valence-electron chi connectivity index (χ1n) is 5.06. The fraction of sp³-hybridized carbons (Fsp3) is 0.300. The summed E-state index contributed by atoms with van der Waals surface area (Å²) < 4.78 is 15.0. The van der Waals surface area contributed by atoms with Gasteiger partial charge in [0, 0.05) is 18.9 Å². The molecule has 0 bridgehead atoms. The Hall–Kier alpha value is -1.98. The second-order valence-corrected chi connectivity index (χ2v) is 3.26. The molecule has 0 aliphatic heterocycles. The first kappa shape index (κ1) is 10.5. The van der Waals surface area contributed by atoms with Crippen molar-refractivity contribution >= 4 is 5.95 Å². The van der Waals surface area contributed by atoms with Crippen molar-refractivity contribution in [1.82, 2.24) is 19.5 Å². The van der Waals surface area contributed by atoms with Gasteiger partial charge in [-0.15, -0.1) is 0 Å². The van der Waals surface area contributed by atoms with Gasteiger partial charge in [-0.05, 0) is 6.42 Å². The van der Waals surface area contributed by atoms with Gasteiger partial charge >= 0.3 is 0 Å². The number of aromatic nitrogens is 4. The third-order valence-electron chi connectivity index (χ3n) is 2.01. The van der Waals surface area contributed by atoms with Crippen LogP contribution in [-0.2, 0) is 0 Å². The smallest absolute Gasteiger partial charge is 0.224 e. The summed E-state index contributed by atoms with van der Waals surface area (Å²) in [6.45, 7) is 2.79.